The number of amides is 2. The molecule has 0 bridgehead atoms. The number of nitrogens with one attached hydrogen (secondary N) is 2. The largest absolute Gasteiger partial charge is 0.396 e. The Bertz CT molecular complexity index is 483. The molecule has 2 amide bonds. The Morgan fingerprint density at radius 2 is 2.33 bits per heavy atom. The molecular weight excluding hydrogens is 304 g/mol. The van der Waals surface area contributed by atoms with E-state index >= 15 is 0 Å². The van der Waals surface area contributed by atoms with Crippen molar-refractivity contribution in [2.24, 2.45) is 11.8 Å². The van der Waals surface area contributed by atoms with E-state index in [1.54, 1.807) is 6.20 Å². The lowest BCUT2D eigenvalue weighted by atomic mass is 10.0. The molecule has 0 radical (unpaired) electrons. The van der Waals surface area contributed by atoms with Crippen molar-refractivity contribution < 1.29 is 9.90 Å². The zero-order chi connectivity index (χ0) is 17.2. The molecule has 2 unspecified atom stereocenters. The van der Waals surface area contributed by atoms with E-state index in [0.717, 1.165) is 31.2 Å². The van der Waals surface area contributed by atoms with Crippen molar-refractivity contribution in [1.82, 2.24) is 20.5 Å². The maximum Gasteiger partial charge on any atom is 0.314 e. The average Bonchev–Trinajstić information content (AvgIpc) is 2.59. The van der Waals surface area contributed by atoms with Crippen molar-refractivity contribution in [2.75, 3.05) is 39.3 Å². The predicted molar refractivity (Wildman–Crippen MR) is 94.8 cm³/mol. The Hall–Kier alpha value is -1.66. The number of likely N-dealkylation sites (tertiary alicyclic amines) is 1. The van der Waals surface area contributed by atoms with Gasteiger partial charge in [-0.2, -0.15) is 0 Å². The molecule has 1 fully saturated rings. The van der Waals surface area contributed by atoms with Crippen LogP contribution in [0, 0.1) is 11.8 Å². The second kappa shape index (κ2) is 10.3. The summed E-state index contributed by atoms with van der Waals surface area (Å²) < 4.78 is 0. The summed E-state index contributed by atoms with van der Waals surface area (Å²) in [5, 5.41) is 15.2. The molecule has 134 valence electrons. The van der Waals surface area contributed by atoms with Crippen LogP contribution in [0.15, 0.2) is 24.4 Å². The van der Waals surface area contributed by atoms with E-state index in [1.807, 2.05) is 18.2 Å². The van der Waals surface area contributed by atoms with Crippen LogP contribution in [0.5, 0.6) is 0 Å². The van der Waals surface area contributed by atoms with E-state index in [2.05, 4.69) is 27.4 Å². The Balaban J connectivity index is 1.61. The van der Waals surface area contributed by atoms with Crippen LogP contribution in [-0.4, -0.2) is 60.4 Å². The lowest BCUT2D eigenvalue weighted by molar-refractivity contribution is 0.183. The number of carbonyl (C=O) groups excluding carboxylic acids is 1. The quantitative estimate of drug-likeness (QED) is 0.669. The van der Waals surface area contributed by atoms with Gasteiger partial charge in [-0.15, -0.1) is 0 Å². The monoisotopic (exact) mass is 334 g/mol. The summed E-state index contributed by atoms with van der Waals surface area (Å²) >= 11 is 0. The highest BCUT2D eigenvalue weighted by Crippen LogP contribution is 2.14. The molecule has 2 rings (SSSR count). The molecule has 24 heavy (non-hydrogen) atoms. The van der Waals surface area contributed by atoms with Crippen molar-refractivity contribution in [2.45, 2.75) is 26.2 Å². The van der Waals surface area contributed by atoms with Crippen molar-refractivity contribution >= 4 is 6.03 Å². The van der Waals surface area contributed by atoms with E-state index in [4.69, 9.17) is 0 Å². The van der Waals surface area contributed by atoms with E-state index < -0.39 is 0 Å². The van der Waals surface area contributed by atoms with Gasteiger partial charge in [0.2, 0.25) is 0 Å². The fourth-order valence-corrected chi connectivity index (χ4v) is 3.13. The number of carbonyl (C=O) groups is 1. The highest BCUT2D eigenvalue weighted by Gasteiger charge is 2.16. The molecule has 1 aromatic rings. The third kappa shape index (κ3) is 6.84. The van der Waals surface area contributed by atoms with Crippen molar-refractivity contribution in [3.63, 3.8) is 0 Å². The van der Waals surface area contributed by atoms with Crippen molar-refractivity contribution in [1.29, 1.82) is 0 Å². The first-order valence-electron chi connectivity index (χ1n) is 8.92. The number of aliphatic hydroxyl groups excluding tert-OH is 1. The minimum absolute atomic E-state index is 0.0198. The van der Waals surface area contributed by atoms with Crippen LogP contribution >= 0.6 is 0 Å². The molecule has 0 spiro atoms. The van der Waals surface area contributed by atoms with Gasteiger partial charge >= 0.3 is 6.03 Å². The van der Waals surface area contributed by atoms with Crippen LogP contribution in [0.2, 0.25) is 0 Å². The topological polar surface area (TPSA) is 77.5 Å². The summed E-state index contributed by atoms with van der Waals surface area (Å²) in [6, 6.07) is 5.56. The van der Waals surface area contributed by atoms with E-state index in [0.29, 0.717) is 19.5 Å². The fraction of sp³-hybridized carbons (Fsp3) is 0.667. The predicted octanol–water partition coefficient (Wildman–Crippen LogP) is 1.26. The minimum Gasteiger partial charge on any atom is -0.396 e. The maximum absolute atomic E-state index is 11.9. The third-order valence-corrected chi connectivity index (χ3v) is 4.49. The number of rotatable bonds is 8. The summed E-state index contributed by atoms with van der Waals surface area (Å²) in [6.45, 7) is 6.56. The molecule has 3 N–H and O–H groups in total. The first-order valence-corrected chi connectivity index (χ1v) is 8.92. The molecule has 6 nitrogen and oxygen atoms in total. The van der Waals surface area contributed by atoms with E-state index in [-0.39, 0.29) is 18.6 Å². The number of aromatic nitrogens is 1. The molecule has 1 saturated heterocycles. The minimum atomic E-state index is -0.167. The second-order valence-corrected chi connectivity index (χ2v) is 6.76. The van der Waals surface area contributed by atoms with Gasteiger partial charge in [-0.25, -0.2) is 4.79 Å². The lowest BCUT2D eigenvalue weighted by Gasteiger charge is -2.30. The van der Waals surface area contributed by atoms with Gasteiger partial charge in [-0.1, -0.05) is 13.0 Å². The van der Waals surface area contributed by atoms with Crippen LogP contribution in [0.1, 0.15) is 25.5 Å². The number of hydrogen-bond acceptors (Lipinski definition) is 4. The van der Waals surface area contributed by atoms with Crippen LogP contribution < -0.4 is 10.6 Å². The maximum atomic E-state index is 11.9. The first-order chi connectivity index (χ1) is 11.7. The molecule has 6 heteroatoms. The standard InChI is InChI=1S/C18H30N4O2/c1-15-5-4-9-22(13-15)10-8-20-18(24)21-12-16(14-23)11-17-6-2-3-7-19-17/h2-3,6-7,15-16,23H,4-5,8-14H2,1H3,(H2,20,21,24). The molecular formula is C18H30N4O2. The Morgan fingerprint density at radius 3 is 3.04 bits per heavy atom. The molecule has 2 atom stereocenters. The molecule has 2 heterocycles. The molecule has 1 aliphatic heterocycles. The fourth-order valence-electron chi connectivity index (χ4n) is 3.13. The normalized spacial score (nSPS) is 19.7. The Kier molecular flexibility index (Phi) is 7.98. The summed E-state index contributed by atoms with van der Waals surface area (Å²) in [5.41, 5.74) is 0.929. The van der Waals surface area contributed by atoms with Crippen LogP contribution in [0.4, 0.5) is 4.79 Å². The number of aliphatic hydroxyl groups is 1. The number of nitrogens with zero attached hydrogens (tertiary/aromatic N) is 2. The SMILES string of the molecule is CC1CCCN(CCNC(=O)NCC(CO)Cc2ccccn2)C1. The third-order valence-electron chi connectivity index (χ3n) is 4.49. The van der Waals surface area contributed by atoms with Gasteiger partial charge in [0.05, 0.1) is 0 Å². The van der Waals surface area contributed by atoms with Gasteiger partial charge in [0, 0.05) is 50.6 Å². The van der Waals surface area contributed by atoms with Gasteiger partial charge in [0.15, 0.2) is 0 Å². The Labute approximate surface area is 144 Å². The summed E-state index contributed by atoms with van der Waals surface area (Å²) in [6.07, 6.45) is 4.96. The molecule has 0 aliphatic carbocycles. The number of urea groups is 1. The van der Waals surface area contributed by atoms with Gasteiger partial charge < -0.3 is 20.6 Å². The lowest BCUT2D eigenvalue weighted by Crippen LogP contribution is -2.44. The smallest absolute Gasteiger partial charge is 0.314 e. The van der Waals surface area contributed by atoms with Gasteiger partial charge in [0.1, 0.15) is 0 Å². The summed E-state index contributed by atoms with van der Waals surface area (Å²) in [7, 11) is 0. The average molecular weight is 334 g/mol. The van der Waals surface area contributed by atoms with Crippen molar-refractivity contribution in [3.05, 3.63) is 30.1 Å². The van der Waals surface area contributed by atoms with Gasteiger partial charge in [-0.3, -0.25) is 4.98 Å². The van der Waals surface area contributed by atoms with Gasteiger partial charge in [0.25, 0.3) is 0 Å². The zero-order valence-corrected chi connectivity index (χ0v) is 14.6. The number of pyridine rings is 1. The highest BCUT2D eigenvalue weighted by atomic mass is 16.3. The first kappa shape index (κ1) is 18.7. The number of hydrogen-bond donors (Lipinski definition) is 3. The Morgan fingerprint density at radius 1 is 1.46 bits per heavy atom. The van der Waals surface area contributed by atoms with Crippen molar-refractivity contribution in [3.8, 4) is 0 Å². The highest BCUT2D eigenvalue weighted by molar-refractivity contribution is 5.73. The molecule has 1 aromatic heterocycles. The molecule has 0 saturated carbocycles. The van der Waals surface area contributed by atoms with Gasteiger partial charge in [-0.05, 0) is 43.9 Å². The van der Waals surface area contributed by atoms with Crippen LogP contribution in [-0.2, 0) is 6.42 Å². The van der Waals surface area contributed by atoms with E-state index in [1.165, 1.54) is 12.8 Å². The number of piperidine rings is 1. The molecule has 0 aromatic carbocycles. The summed E-state index contributed by atoms with van der Waals surface area (Å²) in [4.78, 5) is 18.5. The van der Waals surface area contributed by atoms with Crippen LogP contribution in [0.3, 0.4) is 0 Å². The molecule has 1 aliphatic rings. The summed E-state index contributed by atoms with van der Waals surface area (Å²) in [5.74, 6) is 0.734. The zero-order valence-electron chi connectivity index (χ0n) is 14.6. The van der Waals surface area contributed by atoms with Crippen LogP contribution in [0.25, 0.3) is 0 Å². The van der Waals surface area contributed by atoms with E-state index in [9.17, 15) is 9.90 Å². The second-order valence-electron chi connectivity index (χ2n) is 6.76.